The molecule has 2 rings (SSSR count). The van der Waals surface area contributed by atoms with Crippen LogP contribution in [0.2, 0.25) is 0 Å². The van der Waals surface area contributed by atoms with Crippen molar-refractivity contribution in [1.29, 1.82) is 0 Å². The van der Waals surface area contributed by atoms with Gasteiger partial charge in [-0.05, 0) is 25.2 Å². The average molecular weight is 281 g/mol. The lowest BCUT2D eigenvalue weighted by molar-refractivity contribution is -0.137. The molecule has 0 aromatic carbocycles. The van der Waals surface area contributed by atoms with E-state index in [0.29, 0.717) is 44.0 Å². The third-order valence-electron chi connectivity index (χ3n) is 3.82. The first-order valence-corrected chi connectivity index (χ1v) is 6.92. The fourth-order valence-corrected chi connectivity index (χ4v) is 2.56. The number of piperidine rings is 1. The van der Waals surface area contributed by atoms with Crippen molar-refractivity contribution in [3.63, 3.8) is 0 Å². The summed E-state index contributed by atoms with van der Waals surface area (Å²) in [7, 11) is 0. The van der Waals surface area contributed by atoms with E-state index < -0.39 is 5.97 Å². The molecule has 0 radical (unpaired) electrons. The van der Waals surface area contributed by atoms with Crippen molar-refractivity contribution in [2.24, 2.45) is 11.0 Å². The van der Waals surface area contributed by atoms with Crippen molar-refractivity contribution in [2.75, 3.05) is 13.1 Å². The van der Waals surface area contributed by atoms with Gasteiger partial charge in [0.15, 0.2) is 0 Å². The molecule has 0 unspecified atom stereocenters. The molecule has 0 aliphatic carbocycles. The molecule has 0 bridgehead atoms. The largest absolute Gasteiger partial charge is 0.481 e. The minimum Gasteiger partial charge on any atom is -0.481 e. The van der Waals surface area contributed by atoms with Crippen LogP contribution in [0.3, 0.4) is 0 Å². The van der Waals surface area contributed by atoms with E-state index in [-0.39, 0.29) is 18.2 Å². The van der Waals surface area contributed by atoms with Gasteiger partial charge < -0.3 is 10.0 Å². The number of carboxylic acid groups (broad SMARTS) is 1. The van der Waals surface area contributed by atoms with E-state index >= 15 is 0 Å². The summed E-state index contributed by atoms with van der Waals surface area (Å²) in [5, 5.41) is 12.5. The highest BCUT2D eigenvalue weighted by Gasteiger charge is 2.27. The molecular formula is C13H19N3O4. The Hall–Kier alpha value is -1.92. The van der Waals surface area contributed by atoms with Crippen LogP contribution in [-0.4, -0.2) is 46.6 Å². The van der Waals surface area contributed by atoms with Gasteiger partial charge in [0.2, 0.25) is 5.91 Å². The number of hydrogen-bond acceptors (Lipinski definition) is 4. The summed E-state index contributed by atoms with van der Waals surface area (Å²) in [6.45, 7) is 1.27. The smallest absolute Gasteiger partial charge is 0.303 e. The van der Waals surface area contributed by atoms with Gasteiger partial charge in [0.1, 0.15) is 5.71 Å². The van der Waals surface area contributed by atoms with Gasteiger partial charge in [-0.2, -0.15) is 5.10 Å². The molecule has 0 spiro atoms. The highest BCUT2D eigenvalue weighted by atomic mass is 16.4. The predicted octanol–water partition coefficient (Wildman–Crippen LogP) is 0.356. The molecule has 7 heteroatoms. The molecule has 1 fully saturated rings. The SMILES string of the molecule is O=C(O)CCC1CCN(C(=O)C2=NNC(=O)CC2)CC1. The molecule has 7 nitrogen and oxygen atoms in total. The minimum absolute atomic E-state index is 0.110. The highest BCUT2D eigenvalue weighted by Crippen LogP contribution is 2.22. The van der Waals surface area contributed by atoms with Crippen LogP contribution in [0.5, 0.6) is 0 Å². The lowest BCUT2D eigenvalue weighted by atomic mass is 9.92. The molecule has 2 aliphatic rings. The maximum atomic E-state index is 12.2. The van der Waals surface area contributed by atoms with Crippen LogP contribution in [0.15, 0.2) is 5.10 Å². The predicted molar refractivity (Wildman–Crippen MR) is 71.0 cm³/mol. The van der Waals surface area contributed by atoms with Crippen LogP contribution < -0.4 is 5.43 Å². The van der Waals surface area contributed by atoms with Crippen molar-refractivity contribution in [3.05, 3.63) is 0 Å². The topological polar surface area (TPSA) is 99.1 Å². The molecular weight excluding hydrogens is 262 g/mol. The normalized spacial score (nSPS) is 20.3. The summed E-state index contributed by atoms with van der Waals surface area (Å²) in [6.07, 6.45) is 3.23. The van der Waals surface area contributed by atoms with Crippen LogP contribution in [-0.2, 0) is 14.4 Å². The van der Waals surface area contributed by atoms with Gasteiger partial charge in [-0.15, -0.1) is 0 Å². The third kappa shape index (κ3) is 3.79. The Kier molecular flexibility index (Phi) is 4.70. The van der Waals surface area contributed by atoms with Gasteiger partial charge in [0, 0.05) is 32.4 Å². The first kappa shape index (κ1) is 14.5. The Morgan fingerprint density at radius 3 is 2.55 bits per heavy atom. The number of rotatable bonds is 4. The van der Waals surface area contributed by atoms with Crippen molar-refractivity contribution < 1.29 is 19.5 Å². The van der Waals surface area contributed by atoms with E-state index in [2.05, 4.69) is 10.5 Å². The summed E-state index contributed by atoms with van der Waals surface area (Å²) in [4.78, 5) is 35.4. The van der Waals surface area contributed by atoms with E-state index in [9.17, 15) is 14.4 Å². The molecule has 2 heterocycles. The third-order valence-corrected chi connectivity index (χ3v) is 3.82. The lowest BCUT2D eigenvalue weighted by Gasteiger charge is -2.32. The summed E-state index contributed by atoms with van der Waals surface area (Å²) >= 11 is 0. The number of amides is 2. The fourth-order valence-electron chi connectivity index (χ4n) is 2.56. The molecule has 110 valence electrons. The first-order valence-electron chi connectivity index (χ1n) is 6.92. The Balaban J connectivity index is 1.80. The van der Waals surface area contributed by atoms with E-state index in [1.54, 1.807) is 4.90 Å². The first-order chi connectivity index (χ1) is 9.56. The Morgan fingerprint density at radius 1 is 1.30 bits per heavy atom. The van der Waals surface area contributed by atoms with E-state index in [4.69, 9.17) is 5.11 Å². The molecule has 2 N–H and O–H groups in total. The van der Waals surface area contributed by atoms with Crippen LogP contribution in [0.1, 0.15) is 38.5 Å². The minimum atomic E-state index is -0.768. The second-order valence-corrected chi connectivity index (χ2v) is 5.26. The monoisotopic (exact) mass is 281 g/mol. The Labute approximate surface area is 117 Å². The maximum absolute atomic E-state index is 12.2. The standard InChI is InChI=1S/C13H19N3O4/c17-11-3-2-10(14-15-11)13(20)16-7-5-9(6-8-16)1-4-12(18)19/h9H,1-8H2,(H,15,17)(H,18,19). The van der Waals surface area contributed by atoms with Crippen molar-refractivity contribution in [3.8, 4) is 0 Å². The van der Waals surface area contributed by atoms with Gasteiger partial charge in [0.05, 0.1) is 0 Å². The average Bonchev–Trinajstić information content (AvgIpc) is 2.46. The summed E-state index contributed by atoms with van der Waals surface area (Å²) in [5.74, 6) is -0.658. The van der Waals surface area contributed by atoms with Gasteiger partial charge in [-0.3, -0.25) is 14.4 Å². The second kappa shape index (κ2) is 6.49. The molecule has 0 saturated carbocycles. The summed E-state index contributed by atoms with van der Waals surface area (Å²) in [6, 6.07) is 0. The Morgan fingerprint density at radius 2 is 2.00 bits per heavy atom. The number of nitrogens with zero attached hydrogens (tertiary/aromatic N) is 2. The number of likely N-dealkylation sites (tertiary alicyclic amines) is 1. The maximum Gasteiger partial charge on any atom is 0.303 e. The molecule has 2 amide bonds. The second-order valence-electron chi connectivity index (χ2n) is 5.26. The molecule has 20 heavy (non-hydrogen) atoms. The van der Waals surface area contributed by atoms with Crippen LogP contribution in [0, 0.1) is 5.92 Å². The number of carboxylic acids is 1. The van der Waals surface area contributed by atoms with E-state index in [0.717, 1.165) is 12.8 Å². The van der Waals surface area contributed by atoms with Crippen LogP contribution in [0.4, 0.5) is 0 Å². The van der Waals surface area contributed by atoms with E-state index in [1.807, 2.05) is 0 Å². The number of carbonyl (C=O) groups is 3. The zero-order valence-electron chi connectivity index (χ0n) is 11.3. The van der Waals surface area contributed by atoms with Crippen molar-refractivity contribution >= 4 is 23.5 Å². The van der Waals surface area contributed by atoms with E-state index in [1.165, 1.54) is 0 Å². The van der Waals surface area contributed by atoms with Crippen LogP contribution in [0.25, 0.3) is 0 Å². The number of carbonyl (C=O) groups excluding carboxylic acids is 2. The Bertz CT molecular complexity index is 439. The van der Waals surface area contributed by atoms with Crippen molar-refractivity contribution in [1.82, 2.24) is 10.3 Å². The fraction of sp³-hybridized carbons (Fsp3) is 0.692. The highest BCUT2D eigenvalue weighted by molar-refractivity contribution is 6.39. The zero-order chi connectivity index (χ0) is 14.5. The number of hydrazone groups is 1. The van der Waals surface area contributed by atoms with Gasteiger partial charge in [0.25, 0.3) is 5.91 Å². The number of nitrogens with one attached hydrogen (secondary N) is 1. The molecule has 0 aromatic heterocycles. The number of hydrogen-bond donors (Lipinski definition) is 2. The summed E-state index contributed by atoms with van der Waals surface area (Å²) in [5.41, 5.74) is 2.74. The molecule has 1 saturated heterocycles. The van der Waals surface area contributed by atoms with Crippen molar-refractivity contribution in [2.45, 2.75) is 38.5 Å². The van der Waals surface area contributed by atoms with Gasteiger partial charge in [-0.25, -0.2) is 5.43 Å². The summed E-state index contributed by atoms with van der Waals surface area (Å²) < 4.78 is 0. The zero-order valence-corrected chi connectivity index (χ0v) is 11.3. The van der Waals surface area contributed by atoms with Crippen LogP contribution >= 0.6 is 0 Å². The molecule has 0 atom stereocenters. The molecule has 2 aliphatic heterocycles. The quantitative estimate of drug-likeness (QED) is 0.777. The lowest BCUT2D eigenvalue weighted by Crippen LogP contribution is -2.44. The molecule has 0 aromatic rings. The van der Waals surface area contributed by atoms with Gasteiger partial charge in [-0.1, -0.05) is 0 Å². The number of aliphatic carboxylic acids is 1. The van der Waals surface area contributed by atoms with Gasteiger partial charge >= 0.3 is 5.97 Å².